The molecule has 206 valence electrons. The Kier molecular flexibility index (Phi) is 9.41. The maximum Gasteiger partial charge on any atom is 0.343 e. The number of carbonyl (C=O) groups is 3. The molecule has 0 fully saturated rings. The summed E-state index contributed by atoms with van der Waals surface area (Å²) in [6.07, 6.45) is -0.585. The Labute approximate surface area is 222 Å². The van der Waals surface area contributed by atoms with Crippen molar-refractivity contribution in [3.63, 3.8) is 0 Å². The average Bonchev–Trinajstić information content (AvgIpc) is 2.76. The molecule has 1 atom stereocenters. The second-order valence-corrected chi connectivity index (χ2v) is 12.1. The van der Waals surface area contributed by atoms with Gasteiger partial charge in [-0.05, 0) is 90.1 Å². The molecule has 0 aliphatic heterocycles. The third-order valence-corrected chi connectivity index (χ3v) is 6.04. The summed E-state index contributed by atoms with van der Waals surface area (Å²) in [6.45, 7) is 9.76. The molecule has 38 heavy (non-hydrogen) atoms. The molecule has 1 unspecified atom stereocenters. The fourth-order valence-corrected chi connectivity index (χ4v) is 4.17. The van der Waals surface area contributed by atoms with E-state index in [0.717, 1.165) is 12.1 Å². The van der Waals surface area contributed by atoms with Crippen LogP contribution in [0.3, 0.4) is 0 Å². The van der Waals surface area contributed by atoms with Crippen LogP contribution in [0.5, 0.6) is 5.75 Å². The van der Waals surface area contributed by atoms with Crippen LogP contribution in [0.2, 0.25) is 0 Å². The van der Waals surface area contributed by atoms with E-state index in [-0.39, 0.29) is 22.0 Å². The van der Waals surface area contributed by atoms with E-state index in [2.05, 4.69) is 4.72 Å². The fourth-order valence-electron chi connectivity index (χ4n) is 2.99. The summed E-state index contributed by atoms with van der Waals surface area (Å²) in [4.78, 5) is 37.3. The van der Waals surface area contributed by atoms with Gasteiger partial charge in [-0.2, -0.15) is 4.72 Å². The van der Waals surface area contributed by atoms with Gasteiger partial charge in [-0.1, -0.05) is 0 Å². The predicted molar refractivity (Wildman–Crippen MR) is 139 cm³/mol. The van der Waals surface area contributed by atoms with Gasteiger partial charge in [-0.15, -0.1) is 0 Å². The lowest BCUT2D eigenvalue weighted by Crippen LogP contribution is -2.46. The summed E-state index contributed by atoms with van der Waals surface area (Å²) >= 11 is 0. The number of hydrogen-bond acceptors (Lipinski definition) is 9. The quantitative estimate of drug-likeness (QED) is 0.184. The number of sulfonamides is 1. The summed E-state index contributed by atoms with van der Waals surface area (Å²) in [7, 11) is -4.31. The molecule has 0 spiro atoms. The molecule has 0 bridgehead atoms. The highest BCUT2D eigenvalue weighted by atomic mass is 32.2. The van der Waals surface area contributed by atoms with Crippen molar-refractivity contribution >= 4 is 33.8 Å². The van der Waals surface area contributed by atoms with E-state index in [1.54, 1.807) is 41.5 Å². The minimum absolute atomic E-state index is 0.0667. The van der Waals surface area contributed by atoms with E-state index in [9.17, 15) is 22.8 Å². The lowest BCUT2D eigenvalue weighted by atomic mass is 10.1. The number of benzene rings is 2. The third kappa shape index (κ3) is 9.60. The molecule has 0 heterocycles. The van der Waals surface area contributed by atoms with Crippen LogP contribution in [-0.4, -0.2) is 49.4 Å². The van der Waals surface area contributed by atoms with Gasteiger partial charge in [-0.25, -0.2) is 13.2 Å². The van der Waals surface area contributed by atoms with Crippen LogP contribution in [0.1, 0.15) is 63.9 Å². The normalized spacial score (nSPS) is 12.8. The molecule has 2 aromatic rings. The third-order valence-electron chi connectivity index (χ3n) is 4.56. The average molecular weight is 548 g/mol. The fraction of sp³-hybridized carbons (Fsp3) is 0.385. The Morgan fingerprint density at radius 3 is 1.84 bits per heavy atom. The second-order valence-electron chi connectivity index (χ2n) is 10.3. The molecule has 0 aromatic heterocycles. The molecule has 4 N–H and O–H groups in total. The number of carbonyl (C=O) groups excluding carboxylic acids is 3. The summed E-state index contributed by atoms with van der Waals surface area (Å²) in [5, 5.41) is 7.39. The first-order valence-electron chi connectivity index (χ1n) is 11.6. The molecular formula is C26H33N3O8S. The lowest BCUT2D eigenvalue weighted by molar-refractivity contribution is -0.164. The predicted octanol–water partition coefficient (Wildman–Crippen LogP) is 2.91. The first-order valence-corrected chi connectivity index (χ1v) is 13.1. The maximum atomic E-state index is 13.0. The maximum absolute atomic E-state index is 13.0. The van der Waals surface area contributed by atoms with E-state index in [4.69, 9.17) is 25.4 Å². The second kappa shape index (κ2) is 11.7. The minimum atomic E-state index is -4.31. The number of nitrogens with two attached hydrogens (primary N) is 1. The monoisotopic (exact) mass is 547 g/mol. The largest absolute Gasteiger partial charge is 0.460 e. The van der Waals surface area contributed by atoms with Gasteiger partial charge in [0.1, 0.15) is 28.8 Å². The van der Waals surface area contributed by atoms with Crippen molar-refractivity contribution < 1.29 is 37.0 Å². The van der Waals surface area contributed by atoms with Crippen molar-refractivity contribution in [1.82, 2.24) is 4.72 Å². The number of amidine groups is 1. The van der Waals surface area contributed by atoms with Crippen molar-refractivity contribution in [3.05, 3.63) is 59.7 Å². The Hall–Kier alpha value is -3.77. The van der Waals surface area contributed by atoms with Crippen molar-refractivity contribution in [3.8, 4) is 5.75 Å². The standard InChI is InChI=1S/C26H33N3O8S/c1-25(2,3)36-21(30)15-20(24(32)37-26(4,5)6)29-38(33,34)19-13-9-17(10-14-19)23(31)35-18-11-7-16(8-12-18)22(27)28/h7-14,20,29H,15H2,1-6H3,(H3,27,28). The summed E-state index contributed by atoms with van der Waals surface area (Å²) in [6, 6.07) is 9.26. The zero-order valence-corrected chi connectivity index (χ0v) is 23.0. The number of nitrogens with one attached hydrogen (secondary N) is 2. The zero-order chi connectivity index (χ0) is 28.9. The molecule has 0 aliphatic carbocycles. The van der Waals surface area contributed by atoms with E-state index in [0.29, 0.717) is 5.56 Å². The molecule has 11 nitrogen and oxygen atoms in total. The molecule has 0 amide bonds. The Morgan fingerprint density at radius 2 is 1.37 bits per heavy atom. The highest BCUT2D eigenvalue weighted by Crippen LogP contribution is 2.18. The van der Waals surface area contributed by atoms with E-state index in [1.807, 2.05) is 0 Å². The molecular weight excluding hydrogens is 514 g/mol. The molecule has 2 rings (SSSR count). The van der Waals surface area contributed by atoms with Crippen LogP contribution in [-0.2, 0) is 29.1 Å². The van der Waals surface area contributed by atoms with Crippen LogP contribution in [0.4, 0.5) is 0 Å². The van der Waals surface area contributed by atoms with Gasteiger partial charge in [0.25, 0.3) is 0 Å². The van der Waals surface area contributed by atoms with Crippen molar-refractivity contribution in [2.24, 2.45) is 5.73 Å². The first-order chi connectivity index (χ1) is 17.4. The zero-order valence-electron chi connectivity index (χ0n) is 22.2. The summed E-state index contributed by atoms with van der Waals surface area (Å²) in [5.41, 5.74) is 4.16. The van der Waals surface area contributed by atoms with Gasteiger partial charge in [0.2, 0.25) is 10.0 Å². The van der Waals surface area contributed by atoms with Gasteiger partial charge in [-0.3, -0.25) is 15.0 Å². The number of hydrogen-bond donors (Lipinski definition) is 3. The number of nitrogen functional groups attached to an aromatic ring is 1. The first kappa shape index (κ1) is 30.5. The van der Waals surface area contributed by atoms with Crippen LogP contribution >= 0.6 is 0 Å². The number of esters is 3. The number of ether oxygens (including phenoxy) is 3. The Balaban J connectivity index is 2.19. The minimum Gasteiger partial charge on any atom is -0.460 e. The van der Waals surface area contributed by atoms with Gasteiger partial charge < -0.3 is 19.9 Å². The van der Waals surface area contributed by atoms with Gasteiger partial charge in [0.05, 0.1) is 16.9 Å². The van der Waals surface area contributed by atoms with E-state index >= 15 is 0 Å². The highest BCUT2D eigenvalue weighted by Gasteiger charge is 2.33. The summed E-state index contributed by atoms with van der Waals surface area (Å²) < 4.78 is 44.0. The lowest BCUT2D eigenvalue weighted by Gasteiger charge is -2.25. The highest BCUT2D eigenvalue weighted by molar-refractivity contribution is 7.89. The molecule has 0 saturated heterocycles. The van der Waals surface area contributed by atoms with Gasteiger partial charge in [0, 0.05) is 5.56 Å². The van der Waals surface area contributed by atoms with Crippen LogP contribution in [0.15, 0.2) is 53.4 Å². The Bertz CT molecular complexity index is 1290. The van der Waals surface area contributed by atoms with Crippen molar-refractivity contribution in [2.75, 3.05) is 0 Å². The molecule has 12 heteroatoms. The van der Waals surface area contributed by atoms with Crippen LogP contribution in [0.25, 0.3) is 0 Å². The van der Waals surface area contributed by atoms with Crippen molar-refractivity contribution in [1.29, 1.82) is 5.41 Å². The topological polar surface area (TPSA) is 175 Å². The van der Waals surface area contributed by atoms with Gasteiger partial charge >= 0.3 is 17.9 Å². The molecule has 0 aliphatic rings. The molecule has 2 aromatic carbocycles. The number of rotatable bonds is 9. The SMILES string of the molecule is CC(C)(C)OC(=O)CC(NS(=O)(=O)c1ccc(C(=O)Oc2ccc(C(=N)N)cc2)cc1)C(=O)OC(C)(C)C. The Morgan fingerprint density at radius 1 is 0.868 bits per heavy atom. The molecule has 0 radical (unpaired) electrons. The van der Waals surface area contributed by atoms with Crippen molar-refractivity contribution in [2.45, 2.75) is 70.1 Å². The van der Waals surface area contributed by atoms with Gasteiger partial charge in [0.15, 0.2) is 0 Å². The van der Waals surface area contributed by atoms with Crippen LogP contribution < -0.4 is 15.2 Å². The van der Waals surface area contributed by atoms with Crippen LogP contribution in [0, 0.1) is 5.41 Å². The summed E-state index contributed by atoms with van der Waals surface area (Å²) in [5.74, 6) is -2.39. The molecule has 0 saturated carbocycles. The smallest absolute Gasteiger partial charge is 0.343 e. The van der Waals surface area contributed by atoms with E-state index < -0.39 is 51.6 Å². The van der Waals surface area contributed by atoms with E-state index in [1.165, 1.54) is 36.4 Å².